The molecule has 1 aromatic carbocycles. The highest BCUT2D eigenvalue weighted by Gasteiger charge is 2.23. The number of urea groups is 1. The van der Waals surface area contributed by atoms with Gasteiger partial charge in [0.2, 0.25) is 0 Å². The molecule has 0 bridgehead atoms. The Morgan fingerprint density at radius 2 is 2.29 bits per heavy atom. The number of carbonyl (C=O) groups excluding carboxylic acids is 1. The Labute approximate surface area is 103 Å². The summed E-state index contributed by atoms with van der Waals surface area (Å²) in [4.78, 5) is 13.8. The van der Waals surface area contributed by atoms with Gasteiger partial charge in [0.05, 0.1) is 0 Å². The van der Waals surface area contributed by atoms with Crippen LogP contribution >= 0.6 is 0 Å². The molecular weight excluding hydrogens is 212 g/mol. The molecule has 3 nitrogen and oxygen atoms in total. The van der Waals surface area contributed by atoms with Crippen molar-refractivity contribution in [1.82, 2.24) is 5.32 Å². The first-order valence-electron chi connectivity index (χ1n) is 6.37. The third-order valence-corrected chi connectivity index (χ3v) is 3.18. The lowest BCUT2D eigenvalue weighted by atomic mass is 10.1. The fourth-order valence-corrected chi connectivity index (χ4v) is 2.21. The van der Waals surface area contributed by atoms with Gasteiger partial charge in [0, 0.05) is 18.8 Å². The van der Waals surface area contributed by atoms with Crippen molar-refractivity contribution in [1.29, 1.82) is 0 Å². The molecule has 17 heavy (non-hydrogen) atoms. The van der Waals surface area contributed by atoms with E-state index >= 15 is 0 Å². The Kier molecular flexibility index (Phi) is 3.67. The molecule has 0 radical (unpaired) electrons. The smallest absolute Gasteiger partial charge is 0.321 e. The zero-order valence-corrected chi connectivity index (χ0v) is 10.6. The Balaban J connectivity index is 2.03. The van der Waals surface area contributed by atoms with E-state index < -0.39 is 0 Å². The van der Waals surface area contributed by atoms with E-state index in [1.165, 1.54) is 11.1 Å². The molecule has 0 spiro atoms. The van der Waals surface area contributed by atoms with E-state index in [2.05, 4.69) is 37.4 Å². The average Bonchev–Trinajstić information content (AvgIpc) is 2.72. The maximum Gasteiger partial charge on any atom is 0.321 e. The van der Waals surface area contributed by atoms with Gasteiger partial charge in [0.15, 0.2) is 0 Å². The lowest BCUT2D eigenvalue weighted by Gasteiger charge is -2.18. The molecule has 2 amide bonds. The monoisotopic (exact) mass is 232 g/mol. The maximum absolute atomic E-state index is 12.0. The summed E-state index contributed by atoms with van der Waals surface area (Å²) in [5.41, 5.74) is 3.62. The number of carbonyl (C=O) groups is 1. The maximum atomic E-state index is 12.0. The molecular formula is C14H20N2O. The van der Waals surface area contributed by atoms with Crippen LogP contribution in [0.3, 0.4) is 0 Å². The molecule has 2 rings (SSSR count). The summed E-state index contributed by atoms with van der Waals surface area (Å²) in [6, 6.07) is 6.34. The summed E-state index contributed by atoms with van der Waals surface area (Å²) in [7, 11) is 0. The first-order chi connectivity index (χ1) is 8.22. The number of hydrogen-bond donors (Lipinski definition) is 1. The number of aryl methyl sites for hydroxylation is 1. The predicted molar refractivity (Wildman–Crippen MR) is 70.5 cm³/mol. The van der Waals surface area contributed by atoms with Gasteiger partial charge >= 0.3 is 6.03 Å². The van der Waals surface area contributed by atoms with Gasteiger partial charge in [-0.05, 0) is 31.4 Å². The van der Waals surface area contributed by atoms with E-state index in [-0.39, 0.29) is 6.03 Å². The van der Waals surface area contributed by atoms with Crippen LogP contribution in [0.1, 0.15) is 30.9 Å². The molecule has 0 atom stereocenters. The highest BCUT2D eigenvalue weighted by atomic mass is 16.2. The lowest BCUT2D eigenvalue weighted by Crippen LogP contribution is -2.39. The van der Waals surface area contributed by atoms with Crippen LogP contribution in [0.5, 0.6) is 0 Å². The molecule has 92 valence electrons. The number of hydrogen-bond acceptors (Lipinski definition) is 1. The van der Waals surface area contributed by atoms with Crippen molar-refractivity contribution in [2.75, 3.05) is 18.0 Å². The summed E-state index contributed by atoms with van der Waals surface area (Å²) in [6.07, 6.45) is 3.12. The summed E-state index contributed by atoms with van der Waals surface area (Å²) in [6.45, 7) is 5.79. The molecule has 1 N–H and O–H groups in total. The van der Waals surface area contributed by atoms with Gasteiger partial charge in [0.1, 0.15) is 0 Å². The van der Waals surface area contributed by atoms with E-state index in [4.69, 9.17) is 0 Å². The van der Waals surface area contributed by atoms with Crippen molar-refractivity contribution >= 4 is 11.7 Å². The number of fused-ring (bicyclic) bond motifs is 1. The normalized spacial score (nSPS) is 13.6. The SMILES string of the molecule is CCCCNC(=O)N1CCc2cc(C)ccc21. The van der Waals surface area contributed by atoms with Crippen molar-refractivity contribution in [3.8, 4) is 0 Å². The van der Waals surface area contributed by atoms with E-state index in [0.717, 1.165) is 38.0 Å². The Morgan fingerprint density at radius 3 is 3.06 bits per heavy atom. The second kappa shape index (κ2) is 5.21. The van der Waals surface area contributed by atoms with Crippen LogP contribution < -0.4 is 10.2 Å². The number of unbranched alkanes of at least 4 members (excludes halogenated alkanes) is 1. The fraction of sp³-hybridized carbons (Fsp3) is 0.500. The lowest BCUT2D eigenvalue weighted by molar-refractivity contribution is 0.246. The van der Waals surface area contributed by atoms with E-state index in [1.54, 1.807) is 0 Å². The minimum absolute atomic E-state index is 0.0426. The predicted octanol–water partition coefficient (Wildman–Crippen LogP) is 2.87. The second-order valence-electron chi connectivity index (χ2n) is 4.62. The summed E-state index contributed by atoms with van der Waals surface area (Å²) in [5, 5.41) is 2.97. The van der Waals surface area contributed by atoms with Crippen LogP contribution in [0.4, 0.5) is 10.5 Å². The zero-order valence-electron chi connectivity index (χ0n) is 10.6. The molecule has 1 aliphatic heterocycles. The van der Waals surface area contributed by atoms with Crippen LogP contribution in [-0.4, -0.2) is 19.1 Å². The van der Waals surface area contributed by atoms with Gasteiger partial charge in [-0.1, -0.05) is 31.0 Å². The van der Waals surface area contributed by atoms with Gasteiger partial charge in [-0.15, -0.1) is 0 Å². The third kappa shape index (κ3) is 2.60. The van der Waals surface area contributed by atoms with E-state index in [1.807, 2.05) is 4.90 Å². The third-order valence-electron chi connectivity index (χ3n) is 3.18. The minimum atomic E-state index is 0.0426. The zero-order chi connectivity index (χ0) is 12.3. The van der Waals surface area contributed by atoms with Gasteiger partial charge < -0.3 is 5.32 Å². The van der Waals surface area contributed by atoms with Crippen LogP contribution in [-0.2, 0) is 6.42 Å². The molecule has 1 heterocycles. The molecule has 0 aromatic heterocycles. The fourth-order valence-electron chi connectivity index (χ4n) is 2.21. The van der Waals surface area contributed by atoms with Crippen LogP contribution in [0.2, 0.25) is 0 Å². The number of benzene rings is 1. The number of nitrogens with one attached hydrogen (secondary N) is 1. The van der Waals surface area contributed by atoms with Crippen LogP contribution in [0.15, 0.2) is 18.2 Å². The Morgan fingerprint density at radius 1 is 1.47 bits per heavy atom. The van der Waals surface area contributed by atoms with Crippen LogP contribution in [0, 0.1) is 6.92 Å². The number of rotatable bonds is 3. The molecule has 0 fully saturated rings. The van der Waals surface area contributed by atoms with Gasteiger partial charge in [-0.2, -0.15) is 0 Å². The molecule has 0 saturated heterocycles. The molecule has 0 unspecified atom stereocenters. The van der Waals surface area contributed by atoms with E-state index in [0.29, 0.717) is 0 Å². The Bertz CT molecular complexity index is 415. The average molecular weight is 232 g/mol. The number of nitrogens with zero attached hydrogens (tertiary/aromatic N) is 1. The quantitative estimate of drug-likeness (QED) is 0.798. The standard InChI is InChI=1S/C14H20N2O/c1-3-4-8-15-14(17)16-9-7-12-10-11(2)5-6-13(12)16/h5-6,10H,3-4,7-9H2,1-2H3,(H,15,17). The van der Waals surface area contributed by atoms with Crippen molar-refractivity contribution in [2.24, 2.45) is 0 Å². The van der Waals surface area contributed by atoms with E-state index in [9.17, 15) is 4.79 Å². The van der Waals surface area contributed by atoms with Crippen molar-refractivity contribution in [3.63, 3.8) is 0 Å². The van der Waals surface area contributed by atoms with Crippen molar-refractivity contribution < 1.29 is 4.79 Å². The highest BCUT2D eigenvalue weighted by Crippen LogP contribution is 2.28. The summed E-state index contributed by atoms with van der Waals surface area (Å²) >= 11 is 0. The number of anilines is 1. The molecule has 1 aliphatic rings. The molecule has 0 saturated carbocycles. The first-order valence-corrected chi connectivity index (χ1v) is 6.37. The highest BCUT2D eigenvalue weighted by molar-refractivity contribution is 5.94. The van der Waals surface area contributed by atoms with Gasteiger partial charge in [-0.25, -0.2) is 4.79 Å². The summed E-state index contributed by atoms with van der Waals surface area (Å²) < 4.78 is 0. The van der Waals surface area contributed by atoms with Crippen LogP contribution in [0.25, 0.3) is 0 Å². The summed E-state index contributed by atoms with van der Waals surface area (Å²) in [5.74, 6) is 0. The van der Waals surface area contributed by atoms with Gasteiger partial charge in [0.25, 0.3) is 0 Å². The largest absolute Gasteiger partial charge is 0.338 e. The van der Waals surface area contributed by atoms with Crippen molar-refractivity contribution in [3.05, 3.63) is 29.3 Å². The number of amides is 2. The topological polar surface area (TPSA) is 32.3 Å². The Hall–Kier alpha value is -1.51. The minimum Gasteiger partial charge on any atom is -0.338 e. The molecule has 1 aromatic rings. The van der Waals surface area contributed by atoms with Gasteiger partial charge in [-0.3, -0.25) is 4.90 Å². The molecule has 0 aliphatic carbocycles. The second-order valence-corrected chi connectivity index (χ2v) is 4.62. The first kappa shape index (κ1) is 12.0. The van der Waals surface area contributed by atoms with Crippen molar-refractivity contribution in [2.45, 2.75) is 33.1 Å². The molecule has 3 heteroatoms.